The number of benzene rings is 1. The number of ether oxygens (including phenoxy) is 3. The zero-order valence-corrected chi connectivity index (χ0v) is 14.8. The van der Waals surface area contributed by atoms with Gasteiger partial charge in [0.05, 0.1) is 25.2 Å². The quantitative estimate of drug-likeness (QED) is 0.873. The minimum atomic E-state index is -0.655. The lowest BCUT2D eigenvalue weighted by atomic mass is 9.84. The van der Waals surface area contributed by atoms with E-state index in [1.807, 2.05) is 6.92 Å². The van der Waals surface area contributed by atoms with Crippen LogP contribution in [0.5, 0.6) is 17.2 Å². The fraction of sp³-hybridized carbons (Fsp3) is 0.263. The fourth-order valence-corrected chi connectivity index (χ4v) is 3.08. The molecule has 7 nitrogen and oxygen atoms in total. The van der Waals surface area contributed by atoms with E-state index < -0.39 is 5.92 Å². The molecule has 0 fully saturated rings. The molecule has 0 amide bonds. The van der Waals surface area contributed by atoms with Crippen molar-refractivity contribution in [2.45, 2.75) is 19.8 Å². The minimum Gasteiger partial charge on any atom is -0.493 e. The predicted molar refractivity (Wildman–Crippen MR) is 95.3 cm³/mol. The summed E-state index contributed by atoms with van der Waals surface area (Å²) in [6.45, 7) is 4.12. The minimum absolute atomic E-state index is 0.0112. The topological polar surface area (TPSA) is 110 Å². The highest BCUT2D eigenvalue weighted by Gasteiger charge is 2.33. The van der Waals surface area contributed by atoms with Gasteiger partial charge in [0.2, 0.25) is 5.88 Å². The Bertz CT molecular complexity index is 985. The average Bonchev–Trinajstić information content (AvgIpc) is 2.61. The number of aromatic amines is 1. The van der Waals surface area contributed by atoms with Crippen molar-refractivity contribution in [2.75, 3.05) is 13.7 Å². The van der Waals surface area contributed by atoms with Gasteiger partial charge in [-0.2, -0.15) is 5.26 Å². The van der Waals surface area contributed by atoms with Crippen molar-refractivity contribution in [3.8, 4) is 23.3 Å². The third-order valence-electron chi connectivity index (χ3n) is 4.17. The Morgan fingerprint density at radius 3 is 2.77 bits per heavy atom. The maximum absolute atomic E-state index is 12.6. The molecule has 3 N–H and O–H groups in total. The number of nitrogens with one attached hydrogen (secondary N) is 1. The molecule has 1 aromatic carbocycles. The first kappa shape index (κ1) is 17.4. The summed E-state index contributed by atoms with van der Waals surface area (Å²) in [7, 11) is 1.53. The molecule has 0 bridgehead atoms. The molecule has 0 spiro atoms. The number of rotatable bonds is 4. The van der Waals surface area contributed by atoms with Gasteiger partial charge in [-0.25, -0.2) is 0 Å². The lowest BCUT2D eigenvalue weighted by molar-refractivity contribution is 0.310. The third-order valence-corrected chi connectivity index (χ3v) is 4.17. The third kappa shape index (κ3) is 2.86. The van der Waals surface area contributed by atoms with Crippen LogP contribution in [0.2, 0.25) is 0 Å². The second-order valence-corrected chi connectivity index (χ2v) is 5.83. The lowest BCUT2D eigenvalue weighted by Crippen LogP contribution is -2.28. The Hall–Kier alpha value is -3.40. The van der Waals surface area contributed by atoms with E-state index in [1.54, 1.807) is 31.2 Å². The van der Waals surface area contributed by atoms with E-state index in [-0.39, 0.29) is 17.0 Å². The SMILES string of the molecule is CCOc1ccc([C@@H]2C(C#N)=C(N)Oc3cc(C)[nH]c(=O)c32)cc1OC. The van der Waals surface area contributed by atoms with E-state index in [0.717, 1.165) is 0 Å². The number of aryl methyl sites for hydroxylation is 1. The Kier molecular flexibility index (Phi) is 4.59. The number of fused-ring (bicyclic) bond motifs is 1. The molecule has 2 aromatic rings. The van der Waals surface area contributed by atoms with Crippen molar-refractivity contribution in [3.05, 3.63) is 62.9 Å². The molecule has 26 heavy (non-hydrogen) atoms. The second kappa shape index (κ2) is 6.84. The number of hydrogen-bond donors (Lipinski definition) is 2. The summed E-state index contributed by atoms with van der Waals surface area (Å²) in [5, 5.41) is 9.59. The molecule has 1 atom stereocenters. The van der Waals surface area contributed by atoms with Crippen molar-refractivity contribution in [1.29, 1.82) is 5.26 Å². The Morgan fingerprint density at radius 2 is 2.12 bits per heavy atom. The van der Waals surface area contributed by atoms with Crippen LogP contribution in [0.25, 0.3) is 0 Å². The highest BCUT2D eigenvalue weighted by molar-refractivity contribution is 5.57. The summed E-state index contributed by atoms with van der Waals surface area (Å²) >= 11 is 0. The molecule has 7 heteroatoms. The predicted octanol–water partition coefficient (Wildman–Crippen LogP) is 2.31. The van der Waals surface area contributed by atoms with Gasteiger partial charge >= 0.3 is 0 Å². The van der Waals surface area contributed by atoms with Crippen LogP contribution in [0.4, 0.5) is 0 Å². The molecular weight excluding hydrogens is 334 g/mol. The number of nitriles is 1. The Labute approximate surface area is 150 Å². The number of H-pyrrole nitrogens is 1. The highest BCUT2D eigenvalue weighted by atomic mass is 16.5. The van der Waals surface area contributed by atoms with Crippen LogP contribution in [-0.2, 0) is 0 Å². The first-order chi connectivity index (χ1) is 12.5. The van der Waals surface area contributed by atoms with E-state index in [1.165, 1.54) is 7.11 Å². The fourth-order valence-electron chi connectivity index (χ4n) is 3.08. The van der Waals surface area contributed by atoms with Crippen molar-refractivity contribution in [1.82, 2.24) is 4.98 Å². The Balaban J connectivity index is 2.23. The number of allylic oxidation sites excluding steroid dienone is 1. The van der Waals surface area contributed by atoms with Gasteiger partial charge in [-0.15, -0.1) is 0 Å². The summed E-state index contributed by atoms with van der Waals surface area (Å²) in [5.74, 6) is 0.775. The normalized spacial score (nSPS) is 15.7. The first-order valence-corrected chi connectivity index (χ1v) is 8.12. The van der Waals surface area contributed by atoms with Gasteiger partial charge in [0, 0.05) is 11.8 Å². The average molecular weight is 353 g/mol. The number of pyridine rings is 1. The van der Waals surface area contributed by atoms with Gasteiger partial charge in [0.15, 0.2) is 11.5 Å². The van der Waals surface area contributed by atoms with Crippen LogP contribution in [0.1, 0.15) is 29.7 Å². The zero-order valence-electron chi connectivity index (χ0n) is 14.8. The van der Waals surface area contributed by atoms with Gasteiger partial charge in [-0.3, -0.25) is 4.79 Å². The molecule has 1 aliphatic rings. The number of nitrogens with zero attached hydrogens (tertiary/aromatic N) is 1. The number of hydrogen-bond acceptors (Lipinski definition) is 6. The number of methoxy groups -OCH3 is 1. The van der Waals surface area contributed by atoms with Crippen molar-refractivity contribution in [3.63, 3.8) is 0 Å². The molecule has 0 saturated carbocycles. The van der Waals surface area contributed by atoms with Crippen LogP contribution in [0.15, 0.2) is 40.5 Å². The molecule has 3 rings (SSSR count). The molecule has 2 heterocycles. The molecule has 1 aliphatic heterocycles. The van der Waals surface area contributed by atoms with Gasteiger partial charge in [-0.1, -0.05) is 6.07 Å². The molecule has 0 unspecified atom stereocenters. The molecule has 0 saturated heterocycles. The largest absolute Gasteiger partial charge is 0.493 e. The van der Waals surface area contributed by atoms with E-state index in [4.69, 9.17) is 19.9 Å². The summed E-state index contributed by atoms with van der Waals surface area (Å²) in [6.07, 6.45) is 0. The first-order valence-electron chi connectivity index (χ1n) is 8.12. The van der Waals surface area contributed by atoms with Crippen LogP contribution >= 0.6 is 0 Å². The van der Waals surface area contributed by atoms with E-state index in [9.17, 15) is 10.1 Å². The standard InChI is InChI=1S/C19H19N3O4/c1-4-25-13-6-5-11(8-14(13)24-3)16-12(9-20)18(21)26-15-7-10(2)22-19(23)17(15)16/h5-8,16H,4,21H2,1-3H3,(H,22,23)/t16-/m1/s1. The molecule has 134 valence electrons. The van der Waals surface area contributed by atoms with Crippen LogP contribution in [0, 0.1) is 18.3 Å². The molecule has 0 aliphatic carbocycles. The van der Waals surface area contributed by atoms with E-state index in [0.29, 0.717) is 40.7 Å². The molecular formula is C19H19N3O4. The maximum atomic E-state index is 12.6. The zero-order chi connectivity index (χ0) is 18.8. The molecule has 0 radical (unpaired) electrons. The smallest absolute Gasteiger partial charge is 0.256 e. The Morgan fingerprint density at radius 1 is 1.35 bits per heavy atom. The summed E-state index contributed by atoms with van der Waals surface area (Å²) in [4.78, 5) is 15.3. The van der Waals surface area contributed by atoms with Gasteiger partial charge in [0.25, 0.3) is 5.56 Å². The maximum Gasteiger partial charge on any atom is 0.256 e. The van der Waals surface area contributed by atoms with Crippen LogP contribution < -0.4 is 25.5 Å². The van der Waals surface area contributed by atoms with Gasteiger partial charge < -0.3 is 24.9 Å². The van der Waals surface area contributed by atoms with Crippen molar-refractivity contribution in [2.24, 2.45) is 5.73 Å². The van der Waals surface area contributed by atoms with Crippen LogP contribution in [0.3, 0.4) is 0 Å². The number of aromatic nitrogens is 1. The summed E-state index contributed by atoms with van der Waals surface area (Å²) in [6, 6.07) is 9.04. The second-order valence-electron chi connectivity index (χ2n) is 5.83. The molecule has 1 aromatic heterocycles. The summed E-state index contributed by atoms with van der Waals surface area (Å²) < 4.78 is 16.5. The summed E-state index contributed by atoms with van der Waals surface area (Å²) in [5.41, 5.74) is 7.47. The number of nitrogens with two attached hydrogens (primary N) is 1. The van der Waals surface area contributed by atoms with Crippen molar-refractivity contribution < 1.29 is 14.2 Å². The van der Waals surface area contributed by atoms with Gasteiger partial charge in [-0.05, 0) is 31.5 Å². The van der Waals surface area contributed by atoms with E-state index in [2.05, 4.69) is 11.1 Å². The monoisotopic (exact) mass is 353 g/mol. The van der Waals surface area contributed by atoms with Crippen molar-refractivity contribution >= 4 is 0 Å². The van der Waals surface area contributed by atoms with E-state index >= 15 is 0 Å². The van der Waals surface area contributed by atoms with Crippen LogP contribution in [-0.4, -0.2) is 18.7 Å². The highest BCUT2D eigenvalue weighted by Crippen LogP contribution is 2.42. The van der Waals surface area contributed by atoms with Gasteiger partial charge in [0.1, 0.15) is 17.4 Å². The lowest BCUT2D eigenvalue weighted by Gasteiger charge is -2.26.